The first kappa shape index (κ1) is 22.6. The van der Waals surface area contributed by atoms with E-state index >= 15 is 0 Å². The van der Waals surface area contributed by atoms with Crippen LogP contribution in [0.4, 0.5) is 5.82 Å². The zero-order valence-corrected chi connectivity index (χ0v) is 19.6. The summed E-state index contributed by atoms with van der Waals surface area (Å²) in [6.07, 6.45) is 6.13. The number of para-hydroxylation sites is 1. The molecular formula is C26H32N6O2. The minimum Gasteiger partial charge on any atom is -0.352 e. The maximum Gasteiger partial charge on any atom is 0.239 e. The van der Waals surface area contributed by atoms with E-state index in [2.05, 4.69) is 31.1 Å². The maximum atomic E-state index is 13.1. The molecule has 0 unspecified atom stereocenters. The molecule has 2 heterocycles. The fourth-order valence-corrected chi connectivity index (χ4v) is 5.08. The lowest BCUT2D eigenvalue weighted by Crippen LogP contribution is -2.51. The minimum absolute atomic E-state index is 0.100. The van der Waals surface area contributed by atoms with Gasteiger partial charge in [-0.2, -0.15) is 5.26 Å². The van der Waals surface area contributed by atoms with Crippen LogP contribution in [0.25, 0.3) is 5.69 Å². The number of rotatable bonds is 7. The van der Waals surface area contributed by atoms with Crippen molar-refractivity contribution in [3.8, 4) is 11.8 Å². The second-order valence-electron chi connectivity index (χ2n) is 9.58. The average Bonchev–Trinajstić information content (AvgIpc) is 3.60. The topological polar surface area (TPSA) is 93.4 Å². The van der Waals surface area contributed by atoms with Crippen molar-refractivity contribution >= 4 is 17.6 Å². The quantitative estimate of drug-likeness (QED) is 0.660. The molecule has 1 saturated carbocycles. The predicted molar refractivity (Wildman–Crippen MR) is 130 cm³/mol. The third-order valence-electron chi connectivity index (χ3n) is 7.00. The van der Waals surface area contributed by atoms with Crippen molar-refractivity contribution in [2.75, 3.05) is 44.6 Å². The van der Waals surface area contributed by atoms with Gasteiger partial charge >= 0.3 is 0 Å². The fraction of sp³-hybridized carbons (Fsp3) is 0.500. The number of nitrogens with one attached hydrogen (secondary N) is 2. The van der Waals surface area contributed by atoms with Crippen molar-refractivity contribution in [3.05, 3.63) is 47.2 Å². The van der Waals surface area contributed by atoms with Crippen LogP contribution in [0.3, 0.4) is 0 Å². The van der Waals surface area contributed by atoms with Gasteiger partial charge in [0, 0.05) is 43.6 Å². The molecule has 2 amide bonds. The fourth-order valence-electron chi connectivity index (χ4n) is 5.08. The molecule has 2 aromatic rings. The van der Waals surface area contributed by atoms with E-state index in [1.165, 1.54) is 0 Å². The lowest BCUT2D eigenvalue weighted by atomic mass is 9.95. The van der Waals surface area contributed by atoms with E-state index in [1.54, 1.807) is 0 Å². The highest BCUT2D eigenvalue weighted by molar-refractivity contribution is 5.93. The highest BCUT2D eigenvalue weighted by Gasteiger charge is 2.28. The number of piperazine rings is 1. The number of carbonyl (C=O) groups excluding carboxylic acids is 2. The SMILES string of the molecule is N#Cc1c2c(n(-c3ccccc3)c1NC(=O)CN1CCN(CC(=O)NC3CC3)CC1)CCCC2. The first-order valence-electron chi connectivity index (χ1n) is 12.4. The Bertz CT molecular complexity index is 1090. The lowest BCUT2D eigenvalue weighted by molar-refractivity contribution is -0.123. The molecule has 0 spiro atoms. The largest absolute Gasteiger partial charge is 0.352 e. The molecule has 2 aliphatic carbocycles. The van der Waals surface area contributed by atoms with Crippen molar-refractivity contribution in [2.24, 2.45) is 0 Å². The lowest BCUT2D eigenvalue weighted by Gasteiger charge is -2.33. The van der Waals surface area contributed by atoms with Gasteiger partial charge in [0.2, 0.25) is 11.8 Å². The first-order valence-corrected chi connectivity index (χ1v) is 12.4. The van der Waals surface area contributed by atoms with E-state index in [-0.39, 0.29) is 18.4 Å². The van der Waals surface area contributed by atoms with Gasteiger partial charge in [-0.15, -0.1) is 0 Å². The van der Waals surface area contributed by atoms with E-state index < -0.39 is 0 Å². The summed E-state index contributed by atoms with van der Waals surface area (Å²) >= 11 is 0. The van der Waals surface area contributed by atoms with Crippen molar-refractivity contribution in [2.45, 2.75) is 44.6 Å². The van der Waals surface area contributed by atoms with Crippen molar-refractivity contribution in [1.82, 2.24) is 19.7 Å². The molecule has 3 aliphatic rings. The van der Waals surface area contributed by atoms with Crippen molar-refractivity contribution < 1.29 is 9.59 Å². The van der Waals surface area contributed by atoms with Gasteiger partial charge in [-0.1, -0.05) is 18.2 Å². The third kappa shape index (κ3) is 5.01. The highest BCUT2D eigenvalue weighted by Crippen LogP contribution is 2.35. The second-order valence-corrected chi connectivity index (χ2v) is 9.58. The van der Waals surface area contributed by atoms with Gasteiger partial charge in [0.15, 0.2) is 0 Å². The number of carbonyl (C=O) groups is 2. The van der Waals surface area contributed by atoms with Crippen molar-refractivity contribution in [3.63, 3.8) is 0 Å². The summed E-state index contributed by atoms with van der Waals surface area (Å²) in [4.78, 5) is 29.4. The Balaban J connectivity index is 1.25. The van der Waals surface area contributed by atoms with Gasteiger partial charge < -0.3 is 10.6 Å². The van der Waals surface area contributed by atoms with E-state index in [0.29, 0.717) is 24.0 Å². The minimum atomic E-state index is -0.108. The number of hydrogen-bond acceptors (Lipinski definition) is 5. The van der Waals surface area contributed by atoms with Crippen LogP contribution in [0.5, 0.6) is 0 Å². The number of nitrogens with zero attached hydrogens (tertiary/aromatic N) is 4. The van der Waals surface area contributed by atoms with Crippen LogP contribution in [-0.2, 0) is 22.4 Å². The average molecular weight is 461 g/mol. The molecule has 0 radical (unpaired) electrons. The number of aromatic nitrogens is 1. The summed E-state index contributed by atoms with van der Waals surface area (Å²) in [6, 6.07) is 12.7. The molecule has 2 N–H and O–H groups in total. The van der Waals surface area contributed by atoms with Crippen LogP contribution in [0.2, 0.25) is 0 Å². The molecular weight excluding hydrogens is 428 g/mol. The second kappa shape index (κ2) is 10.00. The number of anilines is 1. The summed E-state index contributed by atoms with van der Waals surface area (Å²) in [5, 5.41) is 16.1. The number of nitriles is 1. The van der Waals surface area contributed by atoms with Crippen LogP contribution >= 0.6 is 0 Å². The molecule has 0 atom stereocenters. The zero-order chi connectivity index (χ0) is 23.5. The number of benzene rings is 1. The van der Waals surface area contributed by atoms with Crippen LogP contribution < -0.4 is 10.6 Å². The van der Waals surface area contributed by atoms with Crippen LogP contribution in [0.1, 0.15) is 42.5 Å². The van der Waals surface area contributed by atoms with Gasteiger partial charge in [0.05, 0.1) is 18.7 Å². The number of fused-ring (bicyclic) bond motifs is 1. The Morgan fingerprint density at radius 2 is 1.59 bits per heavy atom. The van der Waals surface area contributed by atoms with Crippen LogP contribution in [0.15, 0.2) is 30.3 Å². The first-order chi connectivity index (χ1) is 16.6. The number of hydrogen-bond donors (Lipinski definition) is 2. The highest BCUT2D eigenvalue weighted by atomic mass is 16.2. The molecule has 2 fully saturated rings. The number of amides is 2. The predicted octanol–water partition coefficient (Wildman–Crippen LogP) is 2.06. The molecule has 1 aromatic carbocycles. The van der Waals surface area contributed by atoms with Gasteiger partial charge in [-0.05, 0) is 56.2 Å². The summed E-state index contributed by atoms with van der Waals surface area (Å²) in [6.45, 7) is 3.72. The van der Waals surface area contributed by atoms with Crippen molar-refractivity contribution in [1.29, 1.82) is 5.26 Å². The van der Waals surface area contributed by atoms with Gasteiger partial charge in [0.1, 0.15) is 11.9 Å². The van der Waals surface area contributed by atoms with Gasteiger partial charge in [-0.3, -0.25) is 24.0 Å². The van der Waals surface area contributed by atoms with E-state index in [0.717, 1.165) is 81.6 Å². The van der Waals surface area contributed by atoms with Gasteiger partial charge in [0.25, 0.3) is 0 Å². The van der Waals surface area contributed by atoms with Crippen LogP contribution in [-0.4, -0.2) is 71.5 Å². The normalized spacial score (nSPS) is 18.7. The molecule has 5 rings (SSSR count). The summed E-state index contributed by atoms with van der Waals surface area (Å²) in [7, 11) is 0. The summed E-state index contributed by atoms with van der Waals surface area (Å²) < 4.78 is 2.07. The van der Waals surface area contributed by atoms with E-state index in [1.807, 2.05) is 30.3 Å². The Hall–Kier alpha value is -3.15. The van der Waals surface area contributed by atoms with Gasteiger partial charge in [-0.25, -0.2) is 0 Å². The van der Waals surface area contributed by atoms with E-state index in [4.69, 9.17) is 0 Å². The monoisotopic (exact) mass is 460 g/mol. The molecule has 0 bridgehead atoms. The standard InChI is InChI=1S/C26H32N6O2/c27-16-22-21-8-4-5-9-23(21)32(20-6-2-1-3-7-20)26(22)29-25(34)18-31-14-12-30(13-15-31)17-24(33)28-19-10-11-19/h1-3,6-7,19H,4-5,8-15,17-18H2,(H,28,33)(H,29,34). The Morgan fingerprint density at radius 3 is 2.24 bits per heavy atom. The van der Waals surface area contributed by atoms with E-state index in [9.17, 15) is 14.9 Å². The molecule has 8 heteroatoms. The van der Waals surface area contributed by atoms with Crippen LogP contribution in [0, 0.1) is 11.3 Å². The summed E-state index contributed by atoms with van der Waals surface area (Å²) in [5.41, 5.74) is 3.78. The molecule has 8 nitrogen and oxygen atoms in total. The molecule has 1 aliphatic heterocycles. The maximum absolute atomic E-state index is 13.1. The Kier molecular flexibility index (Phi) is 6.66. The third-order valence-corrected chi connectivity index (χ3v) is 7.00. The molecule has 178 valence electrons. The summed E-state index contributed by atoms with van der Waals surface area (Å²) in [5.74, 6) is 0.591. The molecule has 34 heavy (non-hydrogen) atoms. The molecule has 1 saturated heterocycles. The Labute approximate surface area is 200 Å². The Morgan fingerprint density at radius 1 is 0.941 bits per heavy atom. The molecule has 1 aromatic heterocycles. The smallest absolute Gasteiger partial charge is 0.239 e. The zero-order valence-electron chi connectivity index (χ0n) is 19.6.